The third-order valence-corrected chi connectivity index (χ3v) is 2.94. The fourth-order valence-electron chi connectivity index (χ4n) is 1.89. The number of carbonyl (C=O) groups is 1. The second-order valence-electron chi connectivity index (χ2n) is 4.19. The van der Waals surface area contributed by atoms with E-state index >= 15 is 0 Å². The van der Waals surface area contributed by atoms with Gasteiger partial charge < -0.3 is 9.84 Å². The predicted octanol–water partition coefficient (Wildman–Crippen LogP) is -0.0871. The number of benzene rings is 1. The minimum atomic E-state index is -1.29. The van der Waals surface area contributed by atoms with Crippen molar-refractivity contribution in [3.05, 3.63) is 48.0 Å². The molecule has 0 fully saturated rings. The minimum Gasteiger partial charge on any atom is -0.449 e. The van der Waals surface area contributed by atoms with Crippen LogP contribution < -0.4 is 5.48 Å². The van der Waals surface area contributed by atoms with E-state index in [0.29, 0.717) is 12.0 Å². The Kier molecular flexibility index (Phi) is 4.09. The summed E-state index contributed by atoms with van der Waals surface area (Å²) in [5.41, 5.74) is 1.52. The van der Waals surface area contributed by atoms with Gasteiger partial charge in [0, 0.05) is 6.42 Å². The zero-order chi connectivity index (χ0) is 13.0. The highest BCUT2D eigenvalue weighted by atomic mass is 16.6. The second-order valence-corrected chi connectivity index (χ2v) is 4.19. The maximum absolute atomic E-state index is 11.8. The van der Waals surface area contributed by atoms with E-state index in [4.69, 9.17) is 9.94 Å². The summed E-state index contributed by atoms with van der Waals surface area (Å²) in [6, 6.07) is 8.38. The van der Waals surface area contributed by atoms with Crippen molar-refractivity contribution in [2.24, 2.45) is 0 Å². The molecule has 0 bridgehead atoms. The van der Waals surface area contributed by atoms with Crippen LogP contribution in [0.5, 0.6) is 0 Å². The first-order valence-electron chi connectivity index (χ1n) is 5.80. The number of quaternary nitrogens is 1. The van der Waals surface area contributed by atoms with Crippen molar-refractivity contribution in [3.8, 4) is 0 Å². The molecule has 2 rings (SSSR count). The van der Waals surface area contributed by atoms with E-state index in [9.17, 15) is 9.90 Å². The molecule has 0 saturated heterocycles. The first-order chi connectivity index (χ1) is 8.72. The molecule has 1 aromatic carbocycles. The van der Waals surface area contributed by atoms with Crippen LogP contribution in [0.1, 0.15) is 18.1 Å². The largest absolute Gasteiger partial charge is 0.449 e. The Hall–Kier alpha value is -1.69. The molecule has 0 saturated carbocycles. The zero-order valence-electron chi connectivity index (χ0n) is 9.77. The van der Waals surface area contributed by atoms with E-state index < -0.39 is 18.2 Å². The highest BCUT2D eigenvalue weighted by Gasteiger charge is 2.31. The van der Waals surface area contributed by atoms with Crippen molar-refractivity contribution in [2.75, 3.05) is 0 Å². The van der Waals surface area contributed by atoms with Gasteiger partial charge in [-0.2, -0.15) is 5.48 Å². The van der Waals surface area contributed by atoms with Crippen LogP contribution in [0.4, 0.5) is 0 Å². The lowest BCUT2D eigenvalue weighted by molar-refractivity contribution is -0.911. The van der Waals surface area contributed by atoms with Crippen LogP contribution in [0.2, 0.25) is 0 Å². The van der Waals surface area contributed by atoms with Gasteiger partial charge in [0.05, 0.1) is 0 Å². The van der Waals surface area contributed by atoms with Crippen molar-refractivity contribution >= 4 is 5.97 Å². The number of esters is 1. The highest BCUT2D eigenvalue weighted by molar-refractivity contribution is 5.76. The van der Waals surface area contributed by atoms with Crippen LogP contribution in [-0.2, 0) is 9.53 Å². The minimum absolute atomic E-state index is 0.225. The second kappa shape index (κ2) is 5.77. The van der Waals surface area contributed by atoms with Crippen molar-refractivity contribution < 1.29 is 25.3 Å². The standard InChI is InChI=1S/C13H15NO4/c15-12(9-5-2-1-3-6-9)13(16)18-11-8-4-7-10(11)14-17/h1-6,8,10-12,14-15,17H,7H2/p+1. The fourth-order valence-corrected chi connectivity index (χ4v) is 1.89. The molecule has 0 amide bonds. The molecule has 5 nitrogen and oxygen atoms in total. The number of carbonyl (C=O) groups excluding carboxylic acids is 1. The van der Waals surface area contributed by atoms with Crippen LogP contribution in [0.3, 0.4) is 0 Å². The number of aliphatic hydroxyl groups is 1. The fraction of sp³-hybridized carbons (Fsp3) is 0.308. The summed E-state index contributed by atoms with van der Waals surface area (Å²) in [5, 5.41) is 18.8. The molecule has 0 aromatic heterocycles. The number of rotatable bonds is 4. The Balaban J connectivity index is 1.98. The lowest BCUT2D eigenvalue weighted by atomic mass is 10.1. The Morgan fingerprint density at radius 2 is 2.11 bits per heavy atom. The topological polar surface area (TPSA) is 83.4 Å². The number of aliphatic hydroxyl groups excluding tert-OH is 1. The van der Waals surface area contributed by atoms with Gasteiger partial charge in [0.1, 0.15) is 0 Å². The van der Waals surface area contributed by atoms with E-state index in [1.165, 1.54) is 0 Å². The Morgan fingerprint density at radius 3 is 2.78 bits per heavy atom. The summed E-state index contributed by atoms with van der Waals surface area (Å²) < 4.78 is 5.16. The van der Waals surface area contributed by atoms with E-state index in [0.717, 1.165) is 5.48 Å². The van der Waals surface area contributed by atoms with Crippen LogP contribution in [-0.4, -0.2) is 28.4 Å². The smallest absolute Gasteiger partial charge is 0.340 e. The third-order valence-electron chi connectivity index (χ3n) is 2.94. The molecule has 3 atom stereocenters. The number of ether oxygens (including phenoxy) is 1. The molecule has 96 valence electrons. The molecule has 0 spiro atoms. The average Bonchev–Trinajstić information content (AvgIpc) is 2.86. The maximum Gasteiger partial charge on any atom is 0.340 e. The SMILES string of the molecule is O=C(OC1C=CCC1[NH2+]O)C(O)c1ccccc1. The molecule has 0 aliphatic heterocycles. The van der Waals surface area contributed by atoms with Crippen LogP contribution >= 0.6 is 0 Å². The van der Waals surface area contributed by atoms with Gasteiger partial charge in [-0.25, -0.2) is 10.0 Å². The van der Waals surface area contributed by atoms with E-state index in [1.807, 2.05) is 6.08 Å². The first kappa shape index (κ1) is 12.8. The van der Waals surface area contributed by atoms with Crippen molar-refractivity contribution in [3.63, 3.8) is 0 Å². The summed E-state index contributed by atoms with van der Waals surface area (Å²) in [6.07, 6.45) is 2.40. The zero-order valence-corrected chi connectivity index (χ0v) is 9.77. The predicted molar refractivity (Wildman–Crippen MR) is 62.5 cm³/mol. The molecule has 1 aliphatic rings. The lowest BCUT2D eigenvalue weighted by Gasteiger charge is -2.17. The summed E-state index contributed by atoms with van der Waals surface area (Å²) in [6.45, 7) is 0. The Bertz CT molecular complexity index is 432. The molecular formula is C13H16NO4+. The number of hydrogen-bond donors (Lipinski definition) is 3. The van der Waals surface area contributed by atoms with E-state index in [-0.39, 0.29) is 6.04 Å². The monoisotopic (exact) mass is 250 g/mol. The van der Waals surface area contributed by atoms with Gasteiger partial charge in [-0.3, -0.25) is 0 Å². The van der Waals surface area contributed by atoms with Gasteiger partial charge in [0.2, 0.25) is 0 Å². The van der Waals surface area contributed by atoms with Crippen molar-refractivity contribution in [2.45, 2.75) is 24.7 Å². The van der Waals surface area contributed by atoms with Gasteiger partial charge >= 0.3 is 5.97 Å². The summed E-state index contributed by atoms with van der Waals surface area (Å²) in [4.78, 5) is 11.8. The maximum atomic E-state index is 11.8. The van der Waals surface area contributed by atoms with Crippen molar-refractivity contribution in [1.82, 2.24) is 0 Å². The number of hydroxylamine groups is 1. The highest BCUT2D eigenvalue weighted by Crippen LogP contribution is 2.18. The summed E-state index contributed by atoms with van der Waals surface area (Å²) in [7, 11) is 0. The van der Waals surface area contributed by atoms with Crippen LogP contribution in [0, 0.1) is 0 Å². The summed E-state index contributed by atoms with van der Waals surface area (Å²) in [5.74, 6) is -0.704. The molecule has 3 unspecified atom stereocenters. The van der Waals surface area contributed by atoms with Gasteiger partial charge in [0.25, 0.3) is 0 Å². The van der Waals surface area contributed by atoms with Crippen LogP contribution in [0.15, 0.2) is 42.5 Å². The van der Waals surface area contributed by atoms with Gasteiger partial charge in [-0.05, 0) is 11.6 Å². The van der Waals surface area contributed by atoms with E-state index in [2.05, 4.69) is 0 Å². The molecule has 5 heteroatoms. The molecule has 1 aromatic rings. The number of hydrogen-bond acceptors (Lipinski definition) is 4. The average molecular weight is 250 g/mol. The molecule has 0 radical (unpaired) electrons. The molecule has 4 N–H and O–H groups in total. The Labute approximate surface area is 105 Å². The lowest BCUT2D eigenvalue weighted by Crippen LogP contribution is -2.89. The first-order valence-corrected chi connectivity index (χ1v) is 5.80. The number of nitrogens with two attached hydrogens (primary N) is 1. The van der Waals surface area contributed by atoms with Crippen LogP contribution in [0.25, 0.3) is 0 Å². The molecular weight excluding hydrogens is 234 g/mol. The Morgan fingerprint density at radius 1 is 1.39 bits per heavy atom. The molecule has 0 heterocycles. The van der Waals surface area contributed by atoms with Gasteiger partial charge in [-0.1, -0.05) is 36.4 Å². The summed E-state index contributed by atoms with van der Waals surface area (Å²) >= 11 is 0. The van der Waals surface area contributed by atoms with Gasteiger partial charge in [0.15, 0.2) is 18.2 Å². The third kappa shape index (κ3) is 2.76. The molecule has 1 aliphatic carbocycles. The van der Waals surface area contributed by atoms with Gasteiger partial charge in [-0.15, -0.1) is 0 Å². The van der Waals surface area contributed by atoms with Crippen molar-refractivity contribution in [1.29, 1.82) is 0 Å². The quantitative estimate of drug-likeness (QED) is 0.396. The molecule has 18 heavy (non-hydrogen) atoms. The van der Waals surface area contributed by atoms with E-state index in [1.54, 1.807) is 36.4 Å². The normalized spacial score (nSPS) is 23.9.